The fourth-order valence-corrected chi connectivity index (χ4v) is 2.91. The van der Waals surface area contributed by atoms with Crippen LogP contribution in [0.1, 0.15) is 39.2 Å². The summed E-state index contributed by atoms with van der Waals surface area (Å²) in [4.78, 5) is 24.2. The highest BCUT2D eigenvalue weighted by atomic mass is 16.6. The SMILES string of the molecule is C=CC[C@@H]1C[C@@H](C(Cc2ccccc2)NC(=O)OC(C)(C)C)OC1=O. The molecule has 1 heterocycles. The average molecular weight is 345 g/mol. The molecular weight excluding hydrogens is 318 g/mol. The number of carbonyl (C=O) groups is 2. The maximum atomic E-state index is 12.2. The molecule has 2 rings (SSSR count). The fraction of sp³-hybridized carbons (Fsp3) is 0.500. The van der Waals surface area contributed by atoms with Crippen LogP contribution in [0.2, 0.25) is 0 Å². The van der Waals surface area contributed by atoms with Gasteiger partial charge in [0.05, 0.1) is 12.0 Å². The number of carbonyl (C=O) groups excluding carboxylic acids is 2. The van der Waals surface area contributed by atoms with Crippen molar-refractivity contribution in [2.45, 2.75) is 57.8 Å². The fourth-order valence-electron chi connectivity index (χ4n) is 2.91. The Morgan fingerprint density at radius 1 is 1.40 bits per heavy atom. The second-order valence-corrected chi connectivity index (χ2v) is 7.37. The van der Waals surface area contributed by atoms with Gasteiger partial charge in [0.1, 0.15) is 11.7 Å². The van der Waals surface area contributed by atoms with E-state index in [0.29, 0.717) is 19.3 Å². The number of amides is 1. The van der Waals surface area contributed by atoms with E-state index in [2.05, 4.69) is 11.9 Å². The lowest BCUT2D eigenvalue weighted by atomic mass is 9.94. The van der Waals surface area contributed by atoms with Crippen LogP contribution in [0.25, 0.3) is 0 Å². The molecule has 0 aromatic heterocycles. The Bertz CT molecular complexity index is 606. The third-order valence-electron chi connectivity index (χ3n) is 4.02. The molecule has 1 aromatic rings. The number of benzene rings is 1. The lowest BCUT2D eigenvalue weighted by molar-refractivity contribution is -0.145. The van der Waals surface area contributed by atoms with Crippen molar-refractivity contribution in [1.29, 1.82) is 0 Å². The van der Waals surface area contributed by atoms with E-state index in [1.54, 1.807) is 6.08 Å². The van der Waals surface area contributed by atoms with Gasteiger partial charge in [-0.3, -0.25) is 4.79 Å². The van der Waals surface area contributed by atoms with Crippen LogP contribution < -0.4 is 5.32 Å². The Morgan fingerprint density at radius 3 is 2.68 bits per heavy atom. The molecule has 1 aliphatic heterocycles. The van der Waals surface area contributed by atoms with Gasteiger partial charge in [-0.2, -0.15) is 0 Å². The summed E-state index contributed by atoms with van der Waals surface area (Å²) in [6.45, 7) is 9.13. The van der Waals surface area contributed by atoms with Gasteiger partial charge in [0.25, 0.3) is 0 Å². The normalized spacial score (nSPS) is 21.3. The van der Waals surface area contributed by atoms with Crippen LogP contribution in [-0.4, -0.2) is 29.8 Å². The Hall–Kier alpha value is -2.30. The molecule has 136 valence electrons. The molecule has 1 saturated heterocycles. The summed E-state index contributed by atoms with van der Waals surface area (Å²) in [7, 11) is 0. The number of hydrogen-bond donors (Lipinski definition) is 1. The van der Waals surface area contributed by atoms with E-state index in [1.807, 2.05) is 51.1 Å². The standard InChI is InChI=1S/C20H27NO4/c1-5-9-15-13-17(24-18(15)22)16(12-14-10-7-6-8-11-14)21-19(23)25-20(2,3)4/h5-8,10-11,15-17H,1,9,12-13H2,2-4H3,(H,21,23)/t15-,16?,17+/m1/s1. The molecule has 5 nitrogen and oxygen atoms in total. The predicted octanol–water partition coefficient (Wildman–Crippen LogP) is 3.63. The van der Waals surface area contributed by atoms with E-state index in [-0.39, 0.29) is 24.0 Å². The van der Waals surface area contributed by atoms with Gasteiger partial charge < -0.3 is 14.8 Å². The first-order chi connectivity index (χ1) is 11.8. The number of alkyl carbamates (subject to hydrolysis) is 1. The quantitative estimate of drug-likeness (QED) is 0.632. The van der Waals surface area contributed by atoms with Gasteiger partial charge in [-0.15, -0.1) is 6.58 Å². The van der Waals surface area contributed by atoms with Crippen LogP contribution in [0.5, 0.6) is 0 Å². The highest BCUT2D eigenvalue weighted by molar-refractivity contribution is 5.75. The van der Waals surface area contributed by atoms with Gasteiger partial charge >= 0.3 is 12.1 Å². The van der Waals surface area contributed by atoms with E-state index < -0.39 is 11.7 Å². The summed E-state index contributed by atoms with van der Waals surface area (Å²) in [6, 6.07) is 9.47. The summed E-state index contributed by atoms with van der Waals surface area (Å²) < 4.78 is 10.9. The molecule has 0 radical (unpaired) electrons. The summed E-state index contributed by atoms with van der Waals surface area (Å²) in [5.41, 5.74) is 0.478. The highest BCUT2D eigenvalue weighted by Gasteiger charge is 2.39. The van der Waals surface area contributed by atoms with E-state index >= 15 is 0 Å². The Kier molecular flexibility index (Phi) is 6.23. The van der Waals surface area contributed by atoms with E-state index in [0.717, 1.165) is 5.56 Å². The topological polar surface area (TPSA) is 64.6 Å². The Morgan fingerprint density at radius 2 is 2.08 bits per heavy atom. The van der Waals surface area contributed by atoms with Gasteiger partial charge in [0, 0.05) is 0 Å². The van der Waals surface area contributed by atoms with Gasteiger partial charge in [-0.1, -0.05) is 36.4 Å². The molecule has 0 aliphatic carbocycles. The molecule has 1 amide bonds. The first-order valence-corrected chi connectivity index (χ1v) is 8.63. The van der Waals surface area contributed by atoms with E-state index in [9.17, 15) is 9.59 Å². The largest absolute Gasteiger partial charge is 0.460 e. The molecule has 0 spiro atoms. The highest BCUT2D eigenvalue weighted by Crippen LogP contribution is 2.28. The second-order valence-electron chi connectivity index (χ2n) is 7.37. The monoisotopic (exact) mass is 345 g/mol. The third kappa shape index (κ3) is 5.93. The van der Waals surface area contributed by atoms with Crippen molar-refractivity contribution in [2.75, 3.05) is 0 Å². The molecule has 1 N–H and O–H groups in total. The summed E-state index contributed by atoms with van der Waals surface area (Å²) in [6.07, 6.45) is 2.57. The third-order valence-corrected chi connectivity index (χ3v) is 4.02. The average Bonchev–Trinajstić information content (AvgIpc) is 2.87. The van der Waals surface area contributed by atoms with E-state index in [1.165, 1.54) is 0 Å². The van der Waals surface area contributed by atoms with Crippen molar-refractivity contribution >= 4 is 12.1 Å². The number of ether oxygens (including phenoxy) is 2. The Labute approximate surface area is 149 Å². The molecule has 5 heteroatoms. The zero-order chi connectivity index (χ0) is 18.4. The van der Waals surface area contributed by atoms with Crippen LogP contribution in [0.3, 0.4) is 0 Å². The van der Waals surface area contributed by atoms with E-state index in [4.69, 9.17) is 9.47 Å². The molecule has 0 saturated carbocycles. The smallest absolute Gasteiger partial charge is 0.408 e. The molecule has 0 bridgehead atoms. The van der Waals surface area contributed by atoms with Crippen molar-refractivity contribution in [1.82, 2.24) is 5.32 Å². The minimum absolute atomic E-state index is 0.193. The molecule has 25 heavy (non-hydrogen) atoms. The molecule has 1 aromatic carbocycles. The number of cyclic esters (lactones) is 1. The van der Waals surface area contributed by atoms with Crippen molar-refractivity contribution in [3.8, 4) is 0 Å². The number of nitrogens with one attached hydrogen (secondary N) is 1. The molecular formula is C20H27NO4. The van der Waals surface area contributed by atoms with Crippen LogP contribution in [0, 0.1) is 5.92 Å². The van der Waals surface area contributed by atoms with Crippen molar-refractivity contribution in [3.05, 3.63) is 48.6 Å². The number of rotatable bonds is 6. The van der Waals surface area contributed by atoms with Crippen LogP contribution >= 0.6 is 0 Å². The number of hydrogen-bond acceptors (Lipinski definition) is 4. The van der Waals surface area contributed by atoms with Crippen LogP contribution in [-0.2, 0) is 20.7 Å². The summed E-state index contributed by atoms with van der Waals surface area (Å²) in [5.74, 6) is -0.421. The summed E-state index contributed by atoms with van der Waals surface area (Å²) in [5, 5.41) is 2.88. The number of allylic oxidation sites excluding steroid dienone is 1. The minimum atomic E-state index is -0.584. The molecule has 3 atom stereocenters. The van der Waals surface area contributed by atoms with Crippen molar-refractivity contribution in [3.63, 3.8) is 0 Å². The molecule has 1 aliphatic rings. The number of esters is 1. The van der Waals surface area contributed by atoms with Gasteiger partial charge in [-0.05, 0) is 45.6 Å². The van der Waals surface area contributed by atoms with Gasteiger partial charge in [-0.25, -0.2) is 4.79 Å². The van der Waals surface area contributed by atoms with Crippen LogP contribution in [0.4, 0.5) is 4.79 Å². The predicted molar refractivity (Wildman–Crippen MR) is 96.1 cm³/mol. The lowest BCUT2D eigenvalue weighted by Crippen LogP contribution is -2.46. The summed E-state index contributed by atoms with van der Waals surface area (Å²) >= 11 is 0. The van der Waals surface area contributed by atoms with Gasteiger partial charge in [0.15, 0.2) is 0 Å². The maximum Gasteiger partial charge on any atom is 0.408 e. The zero-order valence-electron chi connectivity index (χ0n) is 15.2. The van der Waals surface area contributed by atoms with Gasteiger partial charge in [0.2, 0.25) is 0 Å². The zero-order valence-corrected chi connectivity index (χ0v) is 15.2. The van der Waals surface area contributed by atoms with Crippen LogP contribution in [0.15, 0.2) is 43.0 Å². The molecule has 1 fully saturated rings. The second kappa shape index (κ2) is 8.19. The maximum absolute atomic E-state index is 12.2. The first kappa shape index (κ1) is 19.0. The van der Waals surface area contributed by atoms with Crippen molar-refractivity contribution in [2.24, 2.45) is 5.92 Å². The Balaban J connectivity index is 2.10. The minimum Gasteiger partial charge on any atom is -0.460 e. The molecule has 1 unspecified atom stereocenters. The first-order valence-electron chi connectivity index (χ1n) is 8.63. The van der Waals surface area contributed by atoms with Crippen molar-refractivity contribution < 1.29 is 19.1 Å². The lowest BCUT2D eigenvalue weighted by Gasteiger charge is -2.26.